The van der Waals surface area contributed by atoms with Gasteiger partial charge in [-0.2, -0.15) is 0 Å². The van der Waals surface area contributed by atoms with E-state index in [0.29, 0.717) is 25.7 Å². The summed E-state index contributed by atoms with van der Waals surface area (Å²) < 4.78 is 64.7. The maximum Gasteiger partial charge on any atom is 0.472 e. The molecule has 0 heterocycles. The number of phosphoric ester groups is 2. The van der Waals surface area contributed by atoms with E-state index in [1.165, 1.54) is 231 Å². The van der Waals surface area contributed by atoms with Crippen molar-refractivity contribution in [3.8, 4) is 0 Å². The Hall–Kier alpha value is -2.47. The lowest BCUT2D eigenvalue weighted by atomic mass is 10.1. The van der Waals surface area contributed by atoms with Crippen molar-refractivity contribution in [2.24, 2.45) is 0 Å². The molecule has 0 spiro atoms. The molecule has 5 atom stereocenters. The van der Waals surface area contributed by atoms with Gasteiger partial charge in [0, 0.05) is 32.1 Å². The van der Waals surface area contributed by atoms with Gasteiger partial charge < -0.3 is 48.0 Å². The molecule has 3 N–H and O–H groups in total. The van der Waals surface area contributed by atoms with Gasteiger partial charge in [-0.1, -0.05) is 356 Å². The van der Waals surface area contributed by atoms with E-state index < -0.39 is 83.6 Å². The van der Waals surface area contributed by atoms with Crippen LogP contribution in [0.3, 0.4) is 0 Å². The summed E-state index contributed by atoms with van der Waals surface area (Å²) in [4.78, 5) is 91.9. The summed E-state index contributed by atoms with van der Waals surface area (Å²) in [5.74, 6) is -2.28. The van der Waals surface area contributed by atoms with Gasteiger partial charge in [-0.3, -0.25) is 37.6 Å². The number of hydrogen-bond acceptors (Lipinski definition) is 17. The number of ether oxygens (including phenoxy) is 5. The second kappa shape index (κ2) is 76.2. The molecule has 0 aliphatic rings. The Labute approximate surface area is 610 Å². The number of unbranched alkanes of at least 4 members (excludes halogenated alkanes) is 50. The Bertz CT molecular complexity index is 1920. The second-order valence-electron chi connectivity index (χ2n) is 28.2. The minimum absolute atomic E-state index is 0.178. The van der Waals surface area contributed by atoms with Crippen molar-refractivity contribution in [3.63, 3.8) is 0 Å². The monoisotopic (exact) mass is 1470 g/mol. The van der Waals surface area contributed by atoms with Crippen molar-refractivity contribution < 1.29 is 90.1 Å². The van der Waals surface area contributed by atoms with Gasteiger partial charge in [0.15, 0.2) is 12.2 Å². The number of aliphatic hydroxyl groups is 1. The standard InChI is InChI=1S/C48H93O11P.C31H61O8P/c1-4-7-10-13-16-19-22-25-28-31-34-37-46(50)55-40-44(49)41-57-60(53,54)58-43-45(59-48(52)39-36-33-30-27-24-21-18-15-12-9-6-3)42-56-47(51)38-35-32-29-26-23-20-17-14-11-8-5-2;1-3-5-7-9-11-13-15-17-19-21-23-25-30(32)37-27-29(28-38-40(34,35)36)39-31(33)26-24-22-20-18-16-14-12-10-8-6-4-2/h44-45,49H,4-43H2,1-3H3,(H,53,54);29H,3-28H2,1-2H3,(H2,34,35,36)/p-1. The van der Waals surface area contributed by atoms with E-state index in [0.717, 1.165) is 96.3 Å². The Morgan fingerprint density at radius 2 is 0.460 bits per heavy atom. The predicted molar refractivity (Wildman–Crippen MR) is 402 cm³/mol. The zero-order valence-electron chi connectivity index (χ0n) is 64.7. The number of aliphatic hydroxyl groups excluding tert-OH is 1. The molecule has 0 aromatic rings. The van der Waals surface area contributed by atoms with E-state index in [1.54, 1.807) is 0 Å². The SMILES string of the molecule is CCCCCCCCCCCCCC(=O)OCC(COP(=O)([O-])O)OC(=O)CCCCCCCCCCCCC.CCCCCCCCCCCCCC(=O)OCC(O)COP(=O)(O)OCC(COC(=O)CCCCCCCCCCCCC)OC(=O)CCCCCCCCCCCCC. The Morgan fingerprint density at radius 3 is 0.690 bits per heavy atom. The van der Waals surface area contributed by atoms with E-state index in [2.05, 4.69) is 39.1 Å². The summed E-state index contributed by atoms with van der Waals surface area (Å²) in [6.07, 6.45) is 61.8. The van der Waals surface area contributed by atoms with E-state index in [4.69, 9.17) is 37.6 Å². The first kappa shape index (κ1) is 99.6. The van der Waals surface area contributed by atoms with Crippen LogP contribution in [0.5, 0.6) is 0 Å². The van der Waals surface area contributed by atoms with E-state index >= 15 is 0 Å². The highest BCUT2D eigenvalue weighted by Gasteiger charge is 2.28. The molecule has 0 aromatic carbocycles. The summed E-state index contributed by atoms with van der Waals surface area (Å²) >= 11 is 0. The molecule has 0 saturated heterocycles. The van der Waals surface area contributed by atoms with Gasteiger partial charge in [0.05, 0.1) is 19.8 Å². The van der Waals surface area contributed by atoms with Crippen molar-refractivity contribution >= 4 is 45.5 Å². The average molecular weight is 1470 g/mol. The first-order valence-corrected chi connectivity index (χ1v) is 44.2. The van der Waals surface area contributed by atoms with Crippen LogP contribution < -0.4 is 4.89 Å². The molecule has 0 aliphatic heterocycles. The number of carbonyl (C=O) groups is 5. The average Bonchev–Trinajstić information content (AvgIpc) is 1.08. The Morgan fingerprint density at radius 1 is 0.270 bits per heavy atom. The summed E-state index contributed by atoms with van der Waals surface area (Å²) in [5, 5.41) is 10.2. The van der Waals surface area contributed by atoms with Gasteiger partial charge in [0.2, 0.25) is 0 Å². The smallest absolute Gasteiger partial charge is 0.472 e. The highest BCUT2D eigenvalue weighted by Crippen LogP contribution is 2.43. The predicted octanol–water partition coefficient (Wildman–Crippen LogP) is 21.9. The van der Waals surface area contributed by atoms with Gasteiger partial charge in [-0.05, 0) is 32.1 Å². The zero-order valence-corrected chi connectivity index (χ0v) is 66.5. The van der Waals surface area contributed by atoms with Crippen LogP contribution in [0.1, 0.15) is 420 Å². The molecule has 0 rings (SSSR count). The first-order valence-electron chi connectivity index (χ1n) is 41.3. The molecular formula is C79H153O19P2-. The third kappa shape index (κ3) is 79.6. The summed E-state index contributed by atoms with van der Waals surface area (Å²) in [5.41, 5.74) is 0. The lowest BCUT2D eigenvalue weighted by Gasteiger charge is -2.21. The molecule has 0 radical (unpaired) electrons. The molecule has 0 aliphatic carbocycles. The minimum atomic E-state index is -4.98. The molecule has 0 fully saturated rings. The van der Waals surface area contributed by atoms with Crippen molar-refractivity contribution in [2.75, 3.05) is 39.6 Å². The van der Waals surface area contributed by atoms with Crippen LogP contribution in [-0.2, 0) is 70.4 Å². The molecular weight excluding hydrogens is 1310 g/mol. The number of rotatable bonds is 77. The van der Waals surface area contributed by atoms with Crippen molar-refractivity contribution in [1.29, 1.82) is 0 Å². The highest BCUT2D eigenvalue weighted by molar-refractivity contribution is 7.47. The third-order valence-corrected chi connectivity index (χ3v) is 19.5. The molecule has 0 aromatic heterocycles. The van der Waals surface area contributed by atoms with Gasteiger partial charge in [-0.25, -0.2) is 4.57 Å². The lowest BCUT2D eigenvalue weighted by molar-refractivity contribution is -0.223. The molecule has 100 heavy (non-hydrogen) atoms. The lowest BCUT2D eigenvalue weighted by Crippen LogP contribution is -2.30. The van der Waals surface area contributed by atoms with E-state index in [9.17, 15) is 48.0 Å². The van der Waals surface area contributed by atoms with E-state index in [1.807, 2.05) is 0 Å². The first-order chi connectivity index (χ1) is 48.4. The quantitative estimate of drug-likeness (QED) is 0.0221. The second-order valence-corrected chi connectivity index (χ2v) is 30.8. The molecule has 19 nitrogen and oxygen atoms in total. The Kier molecular flexibility index (Phi) is 75.9. The van der Waals surface area contributed by atoms with Gasteiger partial charge in [0.1, 0.15) is 25.9 Å². The fraction of sp³-hybridized carbons (Fsp3) is 0.937. The van der Waals surface area contributed by atoms with Gasteiger partial charge in [0.25, 0.3) is 7.82 Å². The van der Waals surface area contributed by atoms with Gasteiger partial charge >= 0.3 is 37.7 Å². The van der Waals surface area contributed by atoms with Gasteiger partial charge in [-0.15, -0.1) is 0 Å². The van der Waals surface area contributed by atoms with Crippen molar-refractivity contribution in [1.82, 2.24) is 0 Å². The minimum Gasteiger partial charge on any atom is -0.756 e. The van der Waals surface area contributed by atoms with Crippen LogP contribution in [-0.4, -0.2) is 103 Å². The van der Waals surface area contributed by atoms with Crippen LogP contribution in [0.25, 0.3) is 0 Å². The fourth-order valence-electron chi connectivity index (χ4n) is 11.8. The number of carbonyl (C=O) groups excluding carboxylic acids is 5. The van der Waals surface area contributed by atoms with E-state index in [-0.39, 0.29) is 51.9 Å². The van der Waals surface area contributed by atoms with Crippen molar-refractivity contribution in [2.45, 2.75) is 438 Å². The maximum atomic E-state index is 12.7. The fourth-order valence-corrected chi connectivity index (χ4v) is 12.9. The van der Waals surface area contributed by atoms with Crippen molar-refractivity contribution in [3.05, 3.63) is 0 Å². The van der Waals surface area contributed by atoms with Crippen LogP contribution in [0, 0.1) is 0 Å². The summed E-state index contributed by atoms with van der Waals surface area (Å²) in [7, 11) is -9.68. The van der Waals surface area contributed by atoms with Crippen LogP contribution in [0.4, 0.5) is 0 Å². The molecule has 0 amide bonds. The summed E-state index contributed by atoms with van der Waals surface area (Å²) in [6.45, 7) is 8.36. The summed E-state index contributed by atoms with van der Waals surface area (Å²) in [6, 6.07) is 0. The number of esters is 5. The molecule has 0 bridgehead atoms. The number of hydrogen-bond donors (Lipinski definition) is 3. The van der Waals surface area contributed by atoms with Crippen LogP contribution in [0.15, 0.2) is 0 Å². The maximum absolute atomic E-state index is 12.7. The normalized spacial score (nSPS) is 13.5. The van der Waals surface area contributed by atoms with Crippen LogP contribution in [0.2, 0.25) is 0 Å². The zero-order chi connectivity index (χ0) is 73.9. The third-order valence-electron chi connectivity index (χ3n) is 18.1. The topological polar surface area (TPSA) is 277 Å². The molecule has 0 saturated carbocycles. The Balaban J connectivity index is 0. The highest BCUT2D eigenvalue weighted by atomic mass is 31.2. The largest absolute Gasteiger partial charge is 0.756 e. The molecule has 21 heteroatoms. The molecule has 594 valence electrons. The van der Waals surface area contributed by atoms with Crippen LogP contribution >= 0.6 is 15.6 Å². The molecule has 5 unspecified atom stereocenters. The number of phosphoric acid groups is 2.